The van der Waals surface area contributed by atoms with Crippen LogP contribution in [0, 0.1) is 0 Å². The SMILES string of the molecule is Cn1c(=O)ccc2nc(-c3ccc(C4CC(C)(O)C4)cc3)c(-c3ccccc3)cc21. The lowest BCUT2D eigenvalue weighted by atomic mass is 9.69. The molecule has 1 saturated carbocycles. The molecular weight excluding hydrogens is 372 g/mol. The van der Waals surface area contributed by atoms with E-state index in [1.54, 1.807) is 23.7 Å². The Morgan fingerprint density at radius 3 is 2.33 bits per heavy atom. The van der Waals surface area contributed by atoms with Crippen molar-refractivity contribution >= 4 is 11.0 Å². The number of pyridine rings is 2. The number of nitrogens with zero attached hydrogens (tertiary/aromatic N) is 2. The fraction of sp³-hybridized carbons (Fsp3) is 0.231. The molecular formula is C26H24N2O2. The van der Waals surface area contributed by atoms with Gasteiger partial charge in [-0.15, -0.1) is 0 Å². The zero-order chi connectivity index (χ0) is 20.9. The summed E-state index contributed by atoms with van der Waals surface area (Å²) in [5, 5.41) is 10.0. The van der Waals surface area contributed by atoms with E-state index in [1.165, 1.54) is 5.56 Å². The van der Waals surface area contributed by atoms with Crippen LogP contribution in [0.1, 0.15) is 31.2 Å². The summed E-state index contributed by atoms with van der Waals surface area (Å²) in [6, 6.07) is 24.1. The minimum absolute atomic E-state index is 0.0446. The van der Waals surface area contributed by atoms with Crippen molar-refractivity contribution in [2.24, 2.45) is 7.05 Å². The van der Waals surface area contributed by atoms with Crippen molar-refractivity contribution in [1.29, 1.82) is 0 Å². The van der Waals surface area contributed by atoms with Gasteiger partial charge in [-0.05, 0) is 48.9 Å². The van der Waals surface area contributed by atoms with Crippen molar-refractivity contribution < 1.29 is 5.11 Å². The number of aliphatic hydroxyl groups is 1. The lowest BCUT2D eigenvalue weighted by Gasteiger charge is -2.41. The molecule has 0 unspecified atom stereocenters. The first-order valence-electron chi connectivity index (χ1n) is 10.3. The van der Waals surface area contributed by atoms with E-state index >= 15 is 0 Å². The summed E-state index contributed by atoms with van der Waals surface area (Å²) in [5.74, 6) is 0.418. The first kappa shape index (κ1) is 18.8. The van der Waals surface area contributed by atoms with E-state index in [1.807, 2.05) is 25.1 Å². The standard InChI is InChI=1S/C26H24N2O2/c1-26(30)15-20(16-26)17-8-10-19(11-9-17)25-21(18-6-4-3-5-7-18)14-23-22(27-25)12-13-24(29)28(23)2/h3-14,20,30H,15-16H2,1-2H3. The molecule has 1 aliphatic carbocycles. The fourth-order valence-electron chi connectivity index (χ4n) is 4.50. The van der Waals surface area contributed by atoms with Gasteiger partial charge in [-0.25, -0.2) is 4.98 Å². The average Bonchev–Trinajstić information content (AvgIpc) is 2.75. The van der Waals surface area contributed by atoms with Gasteiger partial charge in [0.2, 0.25) is 0 Å². The summed E-state index contributed by atoms with van der Waals surface area (Å²) in [5.41, 5.74) is 6.32. The Bertz CT molecular complexity index is 1280. The van der Waals surface area contributed by atoms with Crippen LogP contribution in [-0.4, -0.2) is 20.3 Å². The monoisotopic (exact) mass is 396 g/mol. The van der Waals surface area contributed by atoms with Gasteiger partial charge in [0.15, 0.2) is 0 Å². The van der Waals surface area contributed by atoms with Crippen LogP contribution in [0.2, 0.25) is 0 Å². The summed E-state index contributed by atoms with van der Waals surface area (Å²) in [4.78, 5) is 17.1. The molecule has 0 spiro atoms. The Balaban J connectivity index is 1.64. The van der Waals surface area contributed by atoms with Gasteiger partial charge in [0, 0.05) is 24.2 Å². The molecule has 0 saturated heterocycles. The Labute approximate surface area is 175 Å². The van der Waals surface area contributed by atoms with E-state index in [4.69, 9.17) is 4.98 Å². The molecule has 0 radical (unpaired) electrons. The predicted molar refractivity (Wildman–Crippen MR) is 120 cm³/mol. The minimum Gasteiger partial charge on any atom is -0.390 e. The fourth-order valence-corrected chi connectivity index (χ4v) is 4.50. The van der Waals surface area contributed by atoms with Crippen LogP contribution >= 0.6 is 0 Å². The second-order valence-electron chi connectivity index (χ2n) is 8.61. The second-order valence-corrected chi connectivity index (χ2v) is 8.61. The Kier molecular flexibility index (Phi) is 4.33. The van der Waals surface area contributed by atoms with Crippen LogP contribution in [0.15, 0.2) is 77.6 Å². The first-order valence-corrected chi connectivity index (χ1v) is 10.3. The first-order chi connectivity index (χ1) is 14.4. The summed E-state index contributed by atoms with van der Waals surface area (Å²) >= 11 is 0. The molecule has 2 aromatic heterocycles. The van der Waals surface area contributed by atoms with Gasteiger partial charge in [-0.2, -0.15) is 0 Å². The molecule has 1 aliphatic rings. The zero-order valence-electron chi connectivity index (χ0n) is 17.2. The molecule has 150 valence electrons. The summed E-state index contributed by atoms with van der Waals surface area (Å²) < 4.78 is 1.64. The summed E-state index contributed by atoms with van der Waals surface area (Å²) in [6.07, 6.45) is 1.62. The van der Waals surface area contributed by atoms with Crippen LogP contribution < -0.4 is 5.56 Å². The van der Waals surface area contributed by atoms with Gasteiger partial charge in [-0.1, -0.05) is 54.6 Å². The van der Waals surface area contributed by atoms with Crippen LogP contribution in [0.5, 0.6) is 0 Å². The van der Waals surface area contributed by atoms with Crippen molar-refractivity contribution in [3.05, 3.63) is 88.7 Å². The number of hydrogen-bond acceptors (Lipinski definition) is 3. The van der Waals surface area contributed by atoms with Gasteiger partial charge in [0.25, 0.3) is 5.56 Å². The third kappa shape index (κ3) is 3.23. The van der Waals surface area contributed by atoms with Gasteiger partial charge in [0.05, 0.1) is 22.3 Å². The Hall–Kier alpha value is -3.24. The van der Waals surface area contributed by atoms with Crippen molar-refractivity contribution in [2.45, 2.75) is 31.3 Å². The number of benzene rings is 2. The highest BCUT2D eigenvalue weighted by atomic mass is 16.3. The van der Waals surface area contributed by atoms with Gasteiger partial charge in [-0.3, -0.25) is 4.79 Å². The van der Waals surface area contributed by atoms with Gasteiger partial charge < -0.3 is 9.67 Å². The van der Waals surface area contributed by atoms with E-state index < -0.39 is 5.60 Å². The van der Waals surface area contributed by atoms with E-state index in [-0.39, 0.29) is 5.56 Å². The smallest absolute Gasteiger partial charge is 0.250 e. The van der Waals surface area contributed by atoms with Gasteiger partial charge >= 0.3 is 0 Å². The third-order valence-electron chi connectivity index (χ3n) is 6.22. The van der Waals surface area contributed by atoms with E-state index in [0.29, 0.717) is 5.92 Å². The topological polar surface area (TPSA) is 55.1 Å². The van der Waals surface area contributed by atoms with Crippen LogP contribution in [-0.2, 0) is 7.05 Å². The average molecular weight is 396 g/mol. The molecule has 4 aromatic rings. The van der Waals surface area contributed by atoms with E-state index in [9.17, 15) is 9.90 Å². The molecule has 4 heteroatoms. The van der Waals surface area contributed by atoms with Crippen LogP contribution in [0.3, 0.4) is 0 Å². The molecule has 5 rings (SSSR count). The molecule has 1 N–H and O–H groups in total. The van der Waals surface area contributed by atoms with Crippen LogP contribution in [0.4, 0.5) is 0 Å². The predicted octanol–water partition coefficient (Wildman–Crippen LogP) is 4.90. The minimum atomic E-state index is -0.528. The molecule has 0 aliphatic heterocycles. The van der Waals surface area contributed by atoms with E-state index in [2.05, 4.69) is 42.5 Å². The second kappa shape index (κ2) is 6.92. The maximum atomic E-state index is 12.1. The molecule has 30 heavy (non-hydrogen) atoms. The van der Waals surface area contributed by atoms with Crippen molar-refractivity contribution in [3.63, 3.8) is 0 Å². The molecule has 1 fully saturated rings. The summed E-state index contributed by atoms with van der Waals surface area (Å²) in [7, 11) is 1.78. The maximum absolute atomic E-state index is 12.1. The molecule has 2 aromatic carbocycles. The maximum Gasteiger partial charge on any atom is 0.250 e. The van der Waals surface area contributed by atoms with Gasteiger partial charge in [0.1, 0.15) is 0 Å². The van der Waals surface area contributed by atoms with E-state index in [0.717, 1.165) is 46.3 Å². The Morgan fingerprint density at radius 1 is 0.967 bits per heavy atom. The van der Waals surface area contributed by atoms with Crippen LogP contribution in [0.25, 0.3) is 33.4 Å². The largest absolute Gasteiger partial charge is 0.390 e. The molecule has 4 nitrogen and oxygen atoms in total. The molecule has 0 atom stereocenters. The number of aryl methyl sites for hydroxylation is 1. The summed E-state index contributed by atoms with van der Waals surface area (Å²) in [6.45, 7) is 1.90. The van der Waals surface area contributed by atoms with Crippen molar-refractivity contribution in [3.8, 4) is 22.4 Å². The van der Waals surface area contributed by atoms with Crippen molar-refractivity contribution in [1.82, 2.24) is 9.55 Å². The molecule has 0 amide bonds. The third-order valence-corrected chi connectivity index (χ3v) is 6.22. The highest BCUT2D eigenvalue weighted by molar-refractivity contribution is 5.90. The van der Waals surface area contributed by atoms with Crippen molar-refractivity contribution in [2.75, 3.05) is 0 Å². The Morgan fingerprint density at radius 2 is 1.67 bits per heavy atom. The number of fused-ring (bicyclic) bond motifs is 1. The lowest BCUT2D eigenvalue weighted by Crippen LogP contribution is -2.39. The number of hydrogen-bond donors (Lipinski definition) is 1. The molecule has 2 heterocycles. The zero-order valence-corrected chi connectivity index (χ0v) is 17.2. The lowest BCUT2D eigenvalue weighted by molar-refractivity contribution is -0.0313. The normalized spacial score (nSPS) is 20.8. The quantitative estimate of drug-likeness (QED) is 0.536. The number of rotatable bonds is 3. The number of aromatic nitrogens is 2. The highest BCUT2D eigenvalue weighted by Crippen LogP contribution is 2.44. The molecule has 0 bridgehead atoms. The highest BCUT2D eigenvalue weighted by Gasteiger charge is 2.38.